The molecule has 0 aromatic heterocycles. The molecule has 1 fully saturated rings. The summed E-state index contributed by atoms with van der Waals surface area (Å²) in [5.74, 6) is 0.575. The number of halogens is 2. The number of nitrogens with one attached hydrogen (secondary N) is 1. The summed E-state index contributed by atoms with van der Waals surface area (Å²) < 4.78 is 38.8. The smallest absolute Gasteiger partial charge is 0.243 e. The van der Waals surface area contributed by atoms with Crippen molar-refractivity contribution in [2.75, 3.05) is 25.5 Å². The number of methoxy groups -OCH3 is 1. The fourth-order valence-electron chi connectivity index (χ4n) is 3.87. The molecule has 0 radical (unpaired) electrons. The second-order valence-electron chi connectivity index (χ2n) is 8.04. The first-order chi connectivity index (χ1) is 16.8. The molecule has 0 saturated carbocycles. The summed E-state index contributed by atoms with van der Waals surface area (Å²) in [4.78, 5) is 13.2. The molecule has 1 N–H and O–H groups in total. The van der Waals surface area contributed by atoms with Gasteiger partial charge in [-0.3, -0.25) is 4.79 Å². The van der Waals surface area contributed by atoms with E-state index in [0.717, 1.165) is 0 Å². The number of benzene rings is 3. The second-order valence-corrected chi connectivity index (χ2v) is 10.8. The van der Waals surface area contributed by atoms with Crippen LogP contribution < -0.4 is 14.8 Å². The normalized spacial score (nSPS) is 16.5. The maximum atomic E-state index is 13.2. The van der Waals surface area contributed by atoms with Crippen LogP contribution in [0.25, 0.3) is 0 Å². The highest BCUT2D eigenvalue weighted by Crippen LogP contribution is 2.34. The van der Waals surface area contributed by atoms with Crippen molar-refractivity contribution >= 4 is 44.8 Å². The number of rotatable bonds is 7. The highest BCUT2D eigenvalue weighted by atomic mass is 35.5. The number of amides is 1. The quantitative estimate of drug-likeness (QED) is 0.411. The first kappa shape index (κ1) is 25.3. The van der Waals surface area contributed by atoms with E-state index in [1.165, 1.54) is 29.6 Å². The lowest BCUT2D eigenvalue weighted by atomic mass is 9.98. The van der Waals surface area contributed by atoms with Crippen LogP contribution >= 0.6 is 23.2 Å². The van der Waals surface area contributed by atoms with Gasteiger partial charge in [-0.1, -0.05) is 41.4 Å². The molecule has 1 heterocycles. The van der Waals surface area contributed by atoms with E-state index in [1.54, 1.807) is 30.3 Å². The third-order valence-corrected chi connectivity index (χ3v) is 8.08. The van der Waals surface area contributed by atoms with Gasteiger partial charge in [-0.15, -0.1) is 0 Å². The number of ether oxygens (including phenoxy) is 2. The lowest BCUT2D eigenvalue weighted by Crippen LogP contribution is -2.43. The van der Waals surface area contributed by atoms with Gasteiger partial charge in [0.05, 0.1) is 28.6 Å². The van der Waals surface area contributed by atoms with E-state index in [1.807, 2.05) is 18.2 Å². The molecule has 1 atom stereocenters. The first-order valence-electron chi connectivity index (χ1n) is 10.9. The Morgan fingerprint density at radius 1 is 1.03 bits per heavy atom. The third-order valence-electron chi connectivity index (χ3n) is 5.69. The Morgan fingerprint density at radius 3 is 2.49 bits per heavy atom. The fraction of sp³-hybridized carbons (Fsp3) is 0.240. The summed E-state index contributed by atoms with van der Waals surface area (Å²) in [5.41, 5.74) is 0.410. The van der Waals surface area contributed by atoms with Crippen LogP contribution in [0, 0.1) is 5.92 Å². The highest BCUT2D eigenvalue weighted by Gasteiger charge is 2.34. The van der Waals surface area contributed by atoms with Gasteiger partial charge in [-0.25, -0.2) is 8.42 Å². The van der Waals surface area contributed by atoms with Gasteiger partial charge in [-0.05, 0) is 61.4 Å². The van der Waals surface area contributed by atoms with Gasteiger partial charge in [0.1, 0.15) is 11.5 Å². The average molecular weight is 535 g/mol. The fourth-order valence-corrected chi connectivity index (χ4v) is 5.92. The summed E-state index contributed by atoms with van der Waals surface area (Å²) in [7, 11) is -2.38. The molecule has 4 rings (SSSR count). The molecule has 3 aromatic rings. The SMILES string of the molecule is COc1ccc(S(=O)(=O)N2CCC[C@H](C(=O)Nc3cc(Cl)ccc3Oc3ccccc3)C2)cc1Cl. The molecule has 1 aliphatic heterocycles. The standard InChI is InChI=1S/C25H24Cl2N2O5S/c1-33-23-12-10-20(15-21(23)27)35(31,32)29-13-5-6-17(16-29)25(30)28-22-14-18(26)9-11-24(22)34-19-7-3-2-4-8-19/h2-4,7-12,14-15,17H,5-6,13,16H2,1H3,(H,28,30)/t17-/m0/s1. The Kier molecular flexibility index (Phi) is 7.86. The maximum Gasteiger partial charge on any atom is 0.243 e. The van der Waals surface area contributed by atoms with E-state index in [-0.39, 0.29) is 22.4 Å². The van der Waals surface area contributed by atoms with E-state index in [4.69, 9.17) is 32.7 Å². The van der Waals surface area contributed by atoms with E-state index < -0.39 is 15.9 Å². The lowest BCUT2D eigenvalue weighted by Gasteiger charge is -2.31. The Hall–Kier alpha value is -2.78. The van der Waals surface area contributed by atoms with Crippen molar-refractivity contribution in [2.45, 2.75) is 17.7 Å². The third kappa shape index (κ3) is 5.90. The molecule has 7 nitrogen and oxygen atoms in total. The summed E-state index contributed by atoms with van der Waals surface area (Å²) in [6, 6.07) is 18.4. The van der Waals surface area contributed by atoms with Crippen molar-refractivity contribution in [1.82, 2.24) is 4.31 Å². The maximum absolute atomic E-state index is 13.2. The largest absolute Gasteiger partial charge is 0.495 e. The number of piperidine rings is 1. The van der Waals surface area contributed by atoms with Crippen molar-refractivity contribution in [3.05, 3.63) is 76.8 Å². The molecule has 1 saturated heterocycles. The molecule has 1 aliphatic rings. The summed E-state index contributed by atoms with van der Waals surface area (Å²) in [6.07, 6.45) is 1.10. The van der Waals surface area contributed by atoms with Gasteiger partial charge >= 0.3 is 0 Å². The molecule has 0 aliphatic carbocycles. The van der Waals surface area contributed by atoms with Crippen molar-refractivity contribution in [3.8, 4) is 17.2 Å². The van der Waals surface area contributed by atoms with Crippen molar-refractivity contribution < 1.29 is 22.7 Å². The number of hydrogen-bond acceptors (Lipinski definition) is 5. The second kappa shape index (κ2) is 10.9. The molecule has 10 heteroatoms. The molecule has 184 valence electrons. The monoisotopic (exact) mass is 534 g/mol. The van der Waals surface area contributed by atoms with Crippen LogP contribution in [0.3, 0.4) is 0 Å². The number of carbonyl (C=O) groups is 1. The Balaban J connectivity index is 1.50. The van der Waals surface area contributed by atoms with Gasteiger partial charge < -0.3 is 14.8 Å². The van der Waals surface area contributed by atoms with Gasteiger partial charge in [-0.2, -0.15) is 4.31 Å². The van der Waals surface area contributed by atoms with Gasteiger partial charge in [0.15, 0.2) is 5.75 Å². The minimum atomic E-state index is -3.84. The molecule has 0 bridgehead atoms. The summed E-state index contributed by atoms with van der Waals surface area (Å²) in [6.45, 7) is 0.364. The lowest BCUT2D eigenvalue weighted by molar-refractivity contribution is -0.120. The minimum Gasteiger partial charge on any atom is -0.495 e. The zero-order valence-electron chi connectivity index (χ0n) is 18.9. The zero-order valence-corrected chi connectivity index (χ0v) is 21.2. The Morgan fingerprint density at radius 2 is 1.77 bits per heavy atom. The molecule has 3 aromatic carbocycles. The number of sulfonamides is 1. The minimum absolute atomic E-state index is 0.0489. The van der Waals surface area contributed by atoms with Gasteiger partial charge in [0, 0.05) is 18.1 Å². The van der Waals surface area contributed by atoms with E-state index in [0.29, 0.717) is 47.3 Å². The summed E-state index contributed by atoms with van der Waals surface area (Å²) in [5, 5.41) is 3.51. The van der Waals surface area contributed by atoms with Crippen LogP contribution in [0.15, 0.2) is 71.6 Å². The van der Waals surface area contributed by atoms with Crippen LogP contribution in [0.5, 0.6) is 17.2 Å². The predicted molar refractivity (Wildman–Crippen MR) is 136 cm³/mol. The van der Waals surface area contributed by atoms with E-state index in [2.05, 4.69) is 5.32 Å². The predicted octanol–water partition coefficient (Wildman–Crippen LogP) is 5.83. The first-order valence-corrected chi connectivity index (χ1v) is 13.1. The highest BCUT2D eigenvalue weighted by molar-refractivity contribution is 7.89. The number of carbonyl (C=O) groups excluding carboxylic acids is 1. The number of nitrogens with zero attached hydrogens (tertiary/aromatic N) is 1. The molecule has 1 amide bonds. The Labute approximate surface area is 214 Å². The van der Waals surface area contributed by atoms with Crippen LogP contribution in [0.4, 0.5) is 5.69 Å². The molecule has 0 unspecified atom stereocenters. The number of anilines is 1. The average Bonchev–Trinajstić information content (AvgIpc) is 2.86. The van der Waals surface area contributed by atoms with Crippen LogP contribution in [0.2, 0.25) is 10.0 Å². The van der Waals surface area contributed by atoms with Crippen molar-refractivity contribution in [3.63, 3.8) is 0 Å². The van der Waals surface area contributed by atoms with Crippen LogP contribution in [-0.2, 0) is 14.8 Å². The van der Waals surface area contributed by atoms with Crippen LogP contribution in [0.1, 0.15) is 12.8 Å². The topological polar surface area (TPSA) is 84.9 Å². The van der Waals surface area contributed by atoms with Crippen molar-refractivity contribution in [2.24, 2.45) is 5.92 Å². The molecular weight excluding hydrogens is 511 g/mol. The number of para-hydroxylation sites is 1. The Bertz CT molecular complexity index is 1320. The van der Waals surface area contributed by atoms with Gasteiger partial charge in [0.25, 0.3) is 0 Å². The molecule has 35 heavy (non-hydrogen) atoms. The van der Waals surface area contributed by atoms with Crippen LogP contribution in [-0.4, -0.2) is 38.8 Å². The summed E-state index contributed by atoms with van der Waals surface area (Å²) >= 11 is 12.3. The van der Waals surface area contributed by atoms with E-state index in [9.17, 15) is 13.2 Å². The molecule has 0 spiro atoms. The number of hydrogen-bond donors (Lipinski definition) is 1. The molecular formula is C25H24Cl2N2O5S. The van der Waals surface area contributed by atoms with Crippen molar-refractivity contribution in [1.29, 1.82) is 0 Å². The van der Waals surface area contributed by atoms with Gasteiger partial charge in [0.2, 0.25) is 15.9 Å². The zero-order chi connectivity index (χ0) is 25.0. The van der Waals surface area contributed by atoms with E-state index >= 15 is 0 Å².